The molecule has 2 aliphatic carbocycles. The van der Waals surface area contributed by atoms with Gasteiger partial charge in [-0.05, 0) is 50.2 Å². The fraction of sp³-hybridized carbons (Fsp3) is 0.524. The molecule has 3 aliphatic rings. The summed E-state index contributed by atoms with van der Waals surface area (Å²) < 4.78 is 0. The summed E-state index contributed by atoms with van der Waals surface area (Å²) in [5, 5.41) is 0. The molecule has 2 atom stereocenters. The number of carbonyl (C=O) groups is 4. The molecule has 2 unspecified atom stereocenters. The number of nitrogens with zero attached hydrogens (tertiary/aromatic N) is 1. The predicted octanol–water partition coefficient (Wildman–Crippen LogP) is 2.12. The summed E-state index contributed by atoms with van der Waals surface area (Å²) in [6, 6.07) is 1.91. The topological polar surface area (TPSA) is 95.6 Å². The molecule has 2 heterocycles. The molecule has 0 bridgehead atoms. The van der Waals surface area contributed by atoms with Crippen molar-refractivity contribution in [1.82, 2.24) is 15.8 Å². The van der Waals surface area contributed by atoms with E-state index in [2.05, 4.69) is 10.9 Å². The van der Waals surface area contributed by atoms with E-state index < -0.39 is 5.91 Å². The van der Waals surface area contributed by atoms with Gasteiger partial charge in [0, 0.05) is 4.88 Å². The van der Waals surface area contributed by atoms with Crippen LogP contribution in [0.15, 0.2) is 18.2 Å². The van der Waals surface area contributed by atoms with Crippen molar-refractivity contribution in [2.75, 3.05) is 6.54 Å². The summed E-state index contributed by atoms with van der Waals surface area (Å²) >= 11 is 1.48. The summed E-state index contributed by atoms with van der Waals surface area (Å²) in [5.41, 5.74) is 5.99. The Bertz CT molecular complexity index is 824. The van der Waals surface area contributed by atoms with Crippen molar-refractivity contribution in [1.29, 1.82) is 0 Å². The van der Waals surface area contributed by atoms with E-state index in [4.69, 9.17) is 0 Å². The van der Waals surface area contributed by atoms with Gasteiger partial charge in [0.25, 0.3) is 11.8 Å². The van der Waals surface area contributed by atoms with Crippen LogP contribution in [-0.4, -0.2) is 35.1 Å². The monoisotopic (exact) mass is 415 g/mol. The lowest BCUT2D eigenvalue weighted by atomic mass is 9.85. The molecule has 1 fully saturated rings. The Morgan fingerprint density at radius 3 is 2.31 bits per heavy atom. The first-order valence-electron chi connectivity index (χ1n) is 10.3. The minimum Gasteiger partial charge on any atom is -0.274 e. The molecule has 1 aromatic heterocycles. The van der Waals surface area contributed by atoms with Crippen molar-refractivity contribution in [2.24, 2.45) is 11.8 Å². The third kappa shape index (κ3) is 4.12. The van der Waals surface area contributed by atoms with Gasteiger partial charge in [-0.15, -0.1) is 11.3 Å². The fourth-order valence-electron chi connectivity index (χ4n) is 4.35. The number of allylic oxidation sites excluding steroid dienone is 2. The lowest BCUT2D eigenvalue weighted by Gasteiger charge is -2.14. The van der Waals surface area contributed by atoms with Gasteiger partial charge in [-0.2, -0.15) is 0 Å². The Labute approximate surface area is 173 Å². The second kappa shape index (κ2) is 8.49. The average molecular weight is 416 g/mol. The van der Waals surface area contributed by atoms with E-state index in [0.717, 1.165) is 30.6 Å². The van der Waals surface area contributed by atoms with Crippen LogP contribution in [0.5, 0.6) is 0 Å². The average Bonchev–Trinajstić information content (AvgIpc) is 3.20. The molecule has 29 heavy (non-hydrogen) atoms. The Balaban J connectivity index is 1.32. The number of aryl methyl sites for hydroxylation is 2. The maximum absolute atomic E-state index is 12.4. The highest BCUT2D eigenvalue weighted by atomic mass is 32.1. The Morgan fingerprint density at radius 2 is 1.62 bits per heavy atom. The van der Waals surface area contributed by atoms with Crippen LogP contribution in [0.25, 0.3) is 0 Å². The van der Waals surface area contributed by atoms with Crippen molar-refractivity contribution in [3.63, 3.8) is 0 Å². The minimum atomic E-state index is -0.582. The van der Waals surface area contributed by atoms with E-state index >= 15 is 0 Å². The van der Waals surface area contributed by atoms with E-state index in [0.29, 0.717) is 17.7 Å². The molecule has 1 aromatic rings. The first-order chi connectivity index (χ1) is 14.0. The molecular formula is C21H25N3O4S. The van der Waals surface area contributed by atoms with Gasteiger partial charge in [0.1, 0.15) is 6.54 Å². The molecule has 0 saturated carbocycles. The summed E-state index contributed by atoms with van der Waals surface area (Å²) in [5.74, 6) is -2.28. The molecule has 0 aromatic carbocycles. The highest BCUT2D eigenvalue weighted by molar-refractivity contribution is 7.14. The summed E-state index contributed by atoms with van der Waals surface area (Å²) in [7, 11) is 0. The first-order valence-corrected chi connectivity index (χ1v) is 11.1. The number of thiophene rings is 1. The molecule has 0 spiro atoms. The molecule has 4 amide bonds. The Hall–Kier alpha value is -2.48. The smallest absolute Gasteiger partial charge is 0.274 e. The number of likely N-dealkylation sites (tertiary alicyclic amines) is 1. The molecule has 154 valence electrons. The van der Waals surface area contributed by atoms with Gasteiger partial charge in [-0.25, -0.2) is 0 Å². The van der Waals surface area contributed by atoms with Crippen LogP contribution >= 0.6 is 11.3 Å². The highest BCUT2D eigenvalue weighted by Gasteiger charge is 2.47. The predicted molar refractivity (Wildman–Crippen MR) is 108 cm³/mol. The quantitative estimate of drug-likeness (QED) is 0.449. The Kier molecular flexibility index (Phi) is 5.80. The standard InChI is InChI=1S/C21H25N3O4S/c25-18(12-24-20(27)14-8-5-6-9-15(14)21(24)28)22-23-19(26)17-11-13-7-3-1-2-4-10-16(13)29-17/h5-6,11,14-15H,1-4,7-10,12H2,(H,22,25)(H,23,26). The van der Waals surface area contributed by atoms with Gasteiger partial charge in [0.2, 0.25) is 11.8 Å². The summed E-state index contributed by atoms with van der Waals surface area (Å²) in [6.07, 6.45) is 11.6. The number of fused-ring (bicyclic) bond motifs is 2. The molecule has 2 N–H and O–H groups in total. The van der Waals surface area contributed by atoms with Crippen LogP contribution in [0.4, 0.5) is 0 Å². The zero-order valence-electron chi connectivity index (χ0n) is 16.2. The lowest BCUT2D eigenvalue weighted by Crippen LogP contribution is -2.47. The van der Waals surface area contributed by atoms with E-state index in [-0.39, 0.29) is 36.1 Å². The van der Waals surface area contributed by atoms with Crippen LogP contribution in [0, 0.1) is 11.8 Å². The van der Waals surface area contributed by atoms with Crippen LogP contribution in [0.1, 0.15) is 58.6 Å². The van der Waals surface area contributed by atoms with Gasteiger partial charge in [-0.1, -0.05) is 25.0 Å². The van der Waals surface area contributed by atoms with Crippen LogP contribution in [0.3, 0.4) is 0 Å². The van der Waals surface area contributed by atoms with Crippen molar-refractivity contribution in [2.45, 2.75) is 51.4 Å². The Morgan fingerprint density at radius 1 is 0.966 bits per heavy atom. The maximum atomic E-state index is 12.4. The number of amides is 4. The number of carbonyl (C=O) groups excluding carboxylic acids is 4. The van der Waals surface area contributed by atoms with Gasteiger partial charge in [0.05, 0.1) is 16.7 Å². The number of nitrogens with one attached hydrogen (secondary N) is 2. The second-order valence-electron chi connectivity index (χ2n) is 7.89. The molecule has 7 nitrogen and oxygen atoms in total. The number of rotatable bonds is 3. The number of hydrogen-bond donors (Lipinski definition) is 2. The molecule has 1 saturated heterocycles. The van der Waals surface area contributed by atoms with Gasteiger partial charge >= 0.3 is 0 Å². The van der Waals surface area contributed by atoms with Crippen molar-refractivity contribution in [3.8, 4) is 0 Å². The van der Waals surface area contributed by atoms with Crippen LogP contribution in [-0.2, 0) is 27.2 Å². The number of imide groups is 1. The first kappa shape index (κ1) is 19.8. The van der Waals surface area contributed by atoms with Gasteiger partial charge in [0.15, 0.2) is 0 Å². The second-order valence-corrected chi connectivity index (χ2v) is 9.03. The molecular weight excluding hydrogens is 390 g/mol. The van der Waals surface area contributed by atoms with Gasteiger partial charge < -0.3 is 0 Å². The molecule has 4 rings (SSSR count). The van der Waals surface area contributed by atoms with Crippen molar-refractivity contribution in [3.05, 3.63) is 33.5 Å². The van der Waals surface area contributed by atoms with E-state index in [1.54, 1.807) is 0 Å². The van der Waals surface area contributed by atoms with E-state index in [9.17, 15) is 19.2 Å². The van der Waals surface area contributed by atoms with E-state index in [1.165, 1.54) is 34.6 Å². The SMILES string of the molecule is O=C(CN1C(=O)C2CC=CCC2C1=O)NNC(=O)c1cc2c(s1)CCCCCC2. The molecule has 1 aliphatic heterocycles. The summed E-state index contributed by atoms with van der Waals surface area (Å²) in [4.78, 5) is 52.4. The van der Waals surface area contributed by atoms with Crippen LogP contribution < -0.4 is 10.9 Å². The molecule has 8 heteroatoms. The third-order valence-electron chi connectivity index (χ3n) is 5.94. The normalized spacial score (nSPS) is 23.8. The number of hydrogen-bond acceptors (Lipinski definition) is 5. The zero-order valence-corrected chi connectivity index (χ0v) is 17.1. The largest absolute Gasteiger partial charge is 0.279 e. The highest BCUT2D eigenvalue weighted by Crippen LogP contribution is 2.34. The van der Waals surface area contributed by atoms with Crippen molar-refractivity contribution >= 4 is 35.0 Å². The summed E-state index contributed by atoms with van der Waals surface area (Å²) in [6.45, 7) is -0.369. The minimum absolute atomic E-state index is 0.302. The lowest BCUT2D eigenvalue weighted by molar-refractivity contribution is -0.143. The third-order valence-corrected chi connectivity index (χ3v) is 7.17. The fourth-order valence-corrected chi connectivity index (χ4v) is 5.50. The van der Waals surface area contributed by atoms with E-state index in [1.807, 2.05) is 18.2 Å². The van der Waals surface area contributed by atoms with Crippen molar-refractivity contribution < 1.29 is 19.2 Å². The van der Waals surface area contributed by atoms with Gasteiger partial charge in [-0.3, -0.25) is 34.9 Å². The van der Waals surface area contributed by atoms with Crippen LogP contribution in [0.2, 0.25) is 0 Å². The molecule has 0 radical (unpaired) electrons. The zero-order chi connectivity index (χ0) is 20.4. The maximum Gasteiger partial charge on any atom is 0.279 e. The number of hydrazine groups is 1.